The van der Waals surface area contributed by atoms with Gasteiger partial charge in [-0.05, 0) is 55.8 Å². The standard InChI is InChI=1S/C24H22BrN3O2S/c1-3-4-5-22-27-21-12-8-17(25)14-20(21)24(29)28(22)26-15-18-9-13-23(30-18)31-19-10-6-16(2)7-11-19/h6-15H,3-5H2,1-2H3. The quantitative estimate of drug-likeness (QED) is 0.277. The third-order valence-corrected chi connectivity index (χ3v) is 6.19. The number of nitrogens with zero attached hydrogens (tertiary/aromatic N) is 3. The molecule has 0 N–H and O–H groups in total. The second kappa shape index (κ2) is 9.66. The molecule has 0 spiro atoms. The topological polar surface area (TPSA) is 60.4 Å². The summed E-state index contributed by atoms with van der Waals surface area (Å²) in [5.74, 6) is 1.23. The van der Waals surface area contributed by atoms with E-state index in [1.165, 1.54) is 10.2 Å². The van der Waals surface area contributed by atoms with E-state index in [0.29, 0.717) is 28.9 Å². The first-order valence-electron chi connectivity index (χ1n) is 10.1. The average Bonchev–Trinajstić information content (AvgIpc) is 3.21. The molecule has 0 bridgehead atoms. The summed E-state index contributed by atoms with van der Waals surface area (Å²) in [6.45, 7) is 4.17. The monoisotopic (exact) mass is 495 g/mol. The fourth-order valence-corrected chi connectivity index (χ4v) is 4.25. The lowest BCUT2D eigenvalue weighted by Crippen LogP contribution is -2.22. The van der Waals surface area contributed by atoms with Crippen molar-refractivity contribution in [2.24, 2.45) is 5.10 Å². The van der Waals surface area contributed by atoms with Crippen molar-refractivity contribution in [3.63, 3.8) is 0 Å². The maximum atomic E-state index is 13.1. The molecule has 0 fully saturated rings. The second-order valence-electron chi connectivity index (χ2n) is 7.23. The molecule has 5 nitrogen and oxygen atoms in total. The van der Waals surface area contributed by atoms with E-state index in [0.717, 1.165) is 27.3 Å². The first-order chi connectivity index (χ1) is 15.0. The third-order valence-electron chi connectivity index (χ3n) is 4.77. The first-order valence-corrected chi connectivity index (χ1v) is 11.7. The fourth-order valence-electron chi connectivity index (χ4n) is 3.11. The molecule has 7 heteroatoms. The van der Waals surface area contributed by atoms with E-state index < -0.39 is 0 Å². The number of benzene rings is 2. The Hall–Kier alpha value is -2.64. The van der Waals surface area contributed by atoms with Gasteiger partial charge in [0.05, 0.1) is 17.1 Å². The van der Waals surface area contributed by atoms with Crippen molar-refractivity contribution in [3.8, 4) is 0 Å². The molecule has 0 amide bonds. The van der Waals surface area contributed by atoms with Crippen LogP contribution in [0.15, 0.2) is 83.4 Å². The largest absolute Gasteiger partial charge is 0.448 e. The van der Waals surface area contributed by atoms with Crippen LogP contribution in [0.1, 0.15) is 36.9 Å². The first kappa shape index (κ1) is 21.6. The Bertz CT molecular complexity index is 1290. The molecule has 2 aromatic heterocycles. The number of rotatable bonds is 7. The number of aryl methyl sites for hydroxylation is 2. The van der Waals surface area contributed by atoms with Gasteiger partial charge in [-0.25, -0.2) is 4.98 Å². The van der Waals surface area contributed by atoms with Gasteiger partial charge in [0.1, 0.15) is 11.6 Å². The van der Waals surface area contributed by atoms with Gasteiger partial charge in [-0.2, -0.15) is 9.78 Å². The summed E-state index contributed by atoms with van der Waals surface area (Å²) in [4.78, 5) is 18.9. The van der Waals surface area contributed by atoms with Crippen molar-refractivity contribution < 1.29 is 4.42 Å². The highest BCUT2D eigenvalue weighted by atomic mass is 79.9. The van der Waals surface area contributed by atoms with Crippen molar-refractivity contribution in [2.45, 2.75) is 43.1 Å². The van der Waals surface area contributed by atoms with Crippen LogP contribution in [0.3, 0.4) is 0 Å². The van der Waals surface area contributed by atoms with Gasteiger partial charge in [0.25, 0.3) is 5.56 Å². The Kier molecular flexibility index (Phi) is 6.73. The van der Waals surface area contributed by atoms with Crippen LogP contribution in [0.2, 0.25) is 0 Å². The molecule has 31 heavy (non-hydrogen) atoms. The molecule has 4 aromatic rings. The highest BCUT2D eigenvalue weighted by molar-refractivity contribution is 9.10. The normalized spacial score (nSPS) is 11.6. The lowest BCUT2D eigenvalue weighted by Gasteiger charge is -2.08. The minimum Gasteiger partial charge on any atom is -0.448 e. The number of hydrogen-bond donors (Lipinski definition) is 0. The Balaban J connectivity index is 1.64. The predicted octanol–water partition coefficient (Wildman–Crippen LogP) is 6.44. The van der Waals surface area contributed by atoms with E-state index in [1.54, 1.807) is 24.0 Å². The van der Waals surface area contributed by atoms with Gasteiger partial charge in [0, 0.05) is 15.8 Å². The Morgan fingerprint density at radius 1 is 1.16 bits per heavy atom. The Morgan fingerprint density at radius 2 is 1.97 bits per heavy atom. The van der Waals surface area contributed by atoms with Crippen molar-refractivity contribution in [2.75, 3.05) is 0 Å². The molecular formula is C24H22BrN3O2S. The van der Waals surface area contributed by atoms with Crippen LogP contribution < -0.4 is 5.56 Å². The SMILES string of the molecule is CCCCc1nc2ccc(Br)cc2c(=O)n1N=Cc1ccc(Sc2ccc(C)cc2)o1. The lowest BCUT2D eigenvalue weighted by molar-refractivity contribution is 0.468. The van der Waals surface area contributed by atoms with Crippen LogP contribution in [0, 0.1) is 6.92 Å². The molecule has 0 saturated heterocycles. The van der Waals surface area contributed by atoms with Crippen LogP contribution >= 0.6 is 27.7 Å². The van der Waals surface area contributed by atoms with Crippen LogP contribution in [0.25, 0.3) is 10.9 Å². The highest BCUT2D eigenvalue weighted by Gasteiger charge is 2.11. The van der Waals surface area contributed by atoms with E-state index in [-0.39, 0.29) is 5.56 Å². The Morgan fingerprint density at radius 3 is 2.74 bits per heavy atom. The van der Waals surface area contributed by atoms with Crippen molar-refractivity contribution >= 4 is 44.8 Å². The molecule has 0 saturated carbocycles. The highest BCUT2D eigenvalue weighted by Crippen LogP contribution is 2.29. The fraction of sp³-hybridized carbons (Fsp3) is 0.208. The molecule has 0 unspecified atom stereocenters. The second-order valence-corrected chi connectivity index (χ2v) is 9.22. The summed E-state index contributed by atoms with van der Waals surface area (Å²) < 4.78 is 8.10. The summed E-state index contributed by atoms with van der Waals surface area (Å²) in [6.07, 6.45) is 4.20. The van der Waals surface area contributed by atoms with E-state index in [9.17, 15) is 4.79 Å². The molecule has 2 heterocycles. The summed E-state index contributed by atoms with van der Waals surface area (Å²) >= 11 is 4.97. The van der Waals surface area contributed by atoms with Gasteiger partial charge in [-0.15, -0.1) is 0 Å². The van der Waals surface area contributed by atoms with Gasteiger partial charge in [0.15, 0.2) is 5.09 Å². The van der Waals surface area contributed by atoms with Crippen molar-refractivity contribution in [3.05, 3.63) is 86.6 Å². The number of hydrogen-bond acceptors (Lipinski definition) is 5. The number of unbranched alkanes of at least 4 members (excludes halogenated alkanes) is 1. The number of furan rings is 1. The van der Waals surface area contributed by atoms with Gasteiger partial charge >= 0.3 is 0 Å². The minimum atomic E-state index is -0.186. The van der Waals surface area contributed by atoms with Gasteiger partial charge in [-0.3, -0.25) is 4.79 Å². The zero-order valence-corrected chi connectivity index (χ0v) is 19.7. The molecule has 2 aromatic carbocycles. The average molecular weight is 496 g/mol. The number of halogens is 1. The van der Waals surface area contributed by atoms with Crippen LogP contribution in [-0.2, 0) is 6.42 Å². The van der Waals surface area contributed by atoms with E-state index >= 15 is 0 Å². The maximum absolute atomic E-state index is 13.1. The maximum Gasteiger partial charge on any atom is 0.282 e. The number of aromatic nitrogens is 2. The Labute approximate surface area is 193 Å². The summed E-state index contributed by atoms with van der Waals surface area (Å²) in [7, 11) is 0. The van der Waals surface area contributed by atoms with Crippen LogP contribution in [0.5, 0.6) is 0 Å². The summed E-state index contributed by atoms with van der Waals surface area (Å²) in [6, 6.07) is 17.6. The summed E-state index contributed by atoms with van der Waals surface area (Å²) in [5, 5.41) is 5.74. The molecule has 0 aliphatic heterocycles. The van der Waals surface area contributed by atoms with E-state index in [2.05, 4.69) is 64.1 Å². The predicted molar refractivity (Wildman–Crippen MR) is 129 cm³/mol. The smallest absolute Gasteiger partial charge is 0.282 e. The minimum absolute atomic E-state index is 0.186. The van der Waals surface area contributed by atoms with Crippen LogP contribution in [0.4, 0.5) is 0 Å². The van der Waals surface area contributed by atoms with Gasteiger partial charge in [-0.1, -0.05) is 58.7 Å². The van der Waals surface area contributed by atoms with E-state index in [4.69, 9.17) is 4.42 Å². The zero-order valence-electron chi connectivity index (χ0n) is 17.3. The lowest BCUT2D eigenvalue weighted by atomic mass is 10.2. The molecule has 0 atom stereocenters. The molecule has 158 valence electrons. The molecule has 0 aliphatic rings. The van der Waals surface area contributed by atoms with Crippen molar-refractivity contribution in [1.82, 2.24) is 9.66 Å². The van der Waals surface area contributed by atoms with Crippen molar-refractivity contribution in [1.29, 1.82) is 0 Å². The summed E-state index contributed by atoms with van der Waals surface area (Å²) in [5.41, 5.74) is 1.71. The van der Waals surface area contributed by atoms with E-state index in [1.807, 2.05) is 24.3 Å². The van der Waals surface area contributed by atoms with Gasteiger partial charge < -0.3 is 4.42 Å². The molecule has 0 aliphatic carbocycles. The number of fused-ring (bicyclic) bond motifs is 1. The zero-order chi connectivity index (χ0) is 21.8. The molecule has 0 radical (unpaired) electrons. The van der Waals surface area contributed by atoms with Gasteiger partial charge in [0.2, 0.25) is 0 Å². The third kappa shape index (κ3) is 5.17. The molecular weight excluding hydrogens is 474 g/mol. The van der Waals surface area contributed by atoms with Crippen LogP contribution in [-0.4, -0.2) is 15.9 Å². The molecule has 4 rings (SSSR count).